The highest BCUT2D eigenvalue weighted by atomic mass is 35.5. The summed E-state index contributed by atoms with van der Waals surface area (Å²) < 4.78 is 5.29. The van der Waals surface area contributed by atoms with Crippen molar-refractivity contribution in [2.24, 2.45) is 4.99 Å². The molecule has 0 saturated carbocycles. The Hall–Kier alpha value is -1.28. The first-order valence-corrected chi connectivity index (χ1v) is 9.03. The fourth-order valence-corrected chi connectivity index (χ4v) is 3.93. The van der Waals surface area contributed by atoms with E-state index in [1.165, 1.54) is 11.8 Å². The van der Waals surface area contributed by atoms with Crippen molar-refractivity contribution in [3.05, 3.63) is 28.2 Å². The lowest BCUT2D eigenvalue weighted by molar-refractivity contribution is -0.121. The molecule has 3 rings (SSSR count). The Balaban J connectivity index is 1.56. The maximum absolute atomic E-state index is 12.2. The quantitative estimate of drug-likeness (QED) is 0.862. The van der Waals surface area contributed by atoms with Crippen LogP contribution in [0.1, 0.15) is 6.42 Å². The Bertz CT molecular complexity index is 693. The van der Waals surface area contributed by atoms with Gasteiger partial charge in [0, 0.05) is 24.5 Å². The van der Waals surface area contributed by atoms with E-state index in [0.717, 1.165) is 0 Å². The first kappa shape index (κ1) is 17.5. The molecule has 0 bridgehead atoms. The number of ether oxygens (including phenoxy) is 1. The molecule has 2 aliphatic rings. The lowest BCUT2D eigenvalue weighted by Crippen LogP contribution is -2.39. The monoisotopic (exact) mass is 387 g/mol. The fraction of sp³-hybridized carbons (Fsp3) is 0.400. The minimum absolute atomic E-state index is 0.0415. The minimum Gasteiger partial charge on any atom is -0.378 e. The van der Waals surface area contributed by atoms with Crippen LogP contribution in [-0.2, 0) is 14.3 Å². The maximum Gasteiger partial charge on any atom is 0.262 e. The van der Waals surface area contributed by atoms with E-state index in [1.807, 2.05) is 4.90 Å². The van der Waals surface area contributed by atoms with E-state index in [1.54, 1.807) is 18.2 Å². The molecule has 0 radical (unpaired) electrons. The number of hydrogen-bond acceptors (Lipinski definition) is 5. The van der Waals surface area contributed by atoms with Gasteiger partial charge in [0.2, 0.25) is 5.91 Å². The van der Waals surface area contributed by atoms with Crippen LogP contribution in [0.25, 0.3) is 0 Å². The third kappa shape index (κ3) is 4.22. The number of nitrogens with zero attached hydrogens (tertiary/aromatic N) is 2. The van der Waals surface area contributed by atoms with Crippen molar-refractivity contribution in [1.29, 1.82) is 0 Å². The van der Waals surface area contributed by atoms with Gasteiger partial charge >= 0.3 is 0 Å². The fourth-order valence-electron chi connectivity index (χ4n) is 2.36. The van der Waals surface area contributed by atoms with E-state index in [9.17, 15) is 9.59 Å². The van der Waals surface area contributed by atoms with Crippen LogP contribution >= 0.6 is 35.0 Å². The molecular formula is C15H15Cl2N3O3S. The first-order chi connectivity index (χ1) is 11.5. The Kier molecular flexibility index (Phi) is 5.65. The minimum atomic E-state index is -0.506. The average Bonchev–Trinajstić information content (AvgIpc) is 2.92. The zero-order chi connectivity index (χ0) is 17.1. The number of benzene rings is 1. The summed E-state index contributed by atoms with van der Waals surface area (Å²) >= 11 is 13.2. The summed E-state index contributed by atoms with van der Waals surface area (Å²) in [6.45, 7) is 2.65. The molecule has 24 heavy (non-hydrogen) atoms. The van der Waals surface area contributed by atoms with Crippen LogP contribution in [0.5, 0.6) is 0 Å². The number of halogens is 2. The van der Waals surface area contributed by atoms with Gasteiger partial charge in [-0.2, -0.15) is 4.99 Å². The highest BCUT2D eigenvalue weighted by molar-refractivity contribution is 8.15. The standard InChI is InChI=1S/C15H15Cl2N3O3S/c16-9-1-2-11(10(17)7-9)18-13(21)8-12-14(22)19-15(24-12)20-3-5-23-6-4-20/h1-2,7,12H,3-6,8H2,(H,18,21)/t12-/m0/s1. The van der Waals surface area contributed by atoms with Gasteiger partial charge in [-0.3, -0.25) is 9.59 Å². The van der Waals surface area contributed by atoms with Crippen LogP contribution < -0.4 is 5.32 Å². The molecule has 1 saturated heterocycles. The van der Waals surface area contributed by atoms with Crippen molar-refractivity contribution in [3.63, 3.8) is 0 Å². The van der Waals surface area contributed by atoms with Crippen LogP contribution in [0.2, 0.25) is 10.0 Å². The van der Waals surface area contributed by atoms with Gasteiger partial charge in [-0.15, -0.1) is 0 Å². The number of thioether (sulfide) groups is 1. The van der Waals surface area contributed by atoms with Gasteiger partial charge in [0.15, 0.2) is 5.17 Å². The van der Waals surface area contributed by atoms with Crippen molar-refractivity contribution in [1.82, 2.24) is 4.90 Å². The summed E-state index contributed by atoms with van der Waals surface area (Å²) in [4.78, 5) is 30.3. The Morgan fingerprint density at radius 3 is 2.83 bits per heavy atom. The third-order valence-electron chi connectivity index (χ3n) is 3.59. The number of morpholine rings is 1. The van der Waals surface area contributed by atoms with Crippen LogP contribution in [0, 0.1) is 0 Å². The molecule has 0 unspecified atom stereocenters. The SMILES string of the molecule is O=C(C[C@@H]1SC(N2CCOCC2)=NC1=O)Nc1ccc(Cl)cc1Cl. The van der Waals surface area contributed by atoms with Gasteiger partial charge in [-0.1, -0.05) is 35.0 Å². The van der Waals surface area contributed by atoms with Crippen molar-refractivity contribution in [2.45, 2.75) is 11.7 Å². The smallest absolute Gasteiger partial charge is 0.262 e. The summed E-state index contributed by atoms with van der Waals surface area (Å²) in [6, 6.07) is 4.81. The molecule has 0 spiro atoms. The summed E-state index contributed by atoms with van der Waals surface area (Å²) in [5.74, 6) is -0.567. The first-order valence-electron chi connectivity index (χ1n) is 7.40. The van der Waals surface area contributed by atoms with E-state index in [4.69, 9.17) is 27.9 Å². The number of carbonyl (C=O) groups excluding carboxylic acids is 2. The van der Waals surface area contributed by atoms with Crippen LogP contribution in [0.4, 0.5) is 5.69 Å². The van der Waals surface area contributed by atoms with E-state index in [0.29, 0.717) is 47.2 Å². The average molecular weight is 388 g/mol. The molecule has 128 valence electrons. The molecule has 1 N–H and O–H groups in total. The summed E-state index contributed by atoms with van der Waals surface area (Å²) in [6.07, 6.45) is 0.0415. The van der Waals surface area contributed by atoms with Crippen molar-refractivity contribution in [3.8, 4) is 0 Å². The Labute approximate surface area is 153 Å². The second-order valence-electron chi connectivity index (χ2n) is 5.31. The summed E-state index contributed by atoms with van der Waals surface area (Å²) in [5.41, 5.74) is 0.468. The molecule has 1 fully saturated rings. The van der Waals surface area contributed by atoms with Gasteiger partial charge in [0.25, 0.3) is 5.91 Å². The molecule has 1 aromatic rings. The second kappa shape index (κ2) is 7.74. The van der Waals surface area contributed by atoms with Crippen LogP contribution in [0.3, 0.4) is 0 Å². The van der Waals surface area contributed by atoms with Gasteiger partial charge in [-0.25, -0.2) is 0 Å². The zero-order valence-corrected chi connectivity index (χ0v) is 15.0. The van der Waals surface area contributed by atoms with E-state index in [-0.39, 0.29) is 18.2 Å². The van der Waals surface area contributed by atoms with Crippen molar-refractivity contribution < 1.29 is 14.3 Å². The normalized spacial score (nSPS) is 20.9. The number of rotatable bonds is 3. The summed E-state index contributed by atoms with van der Waals surface area (Å²) in [7, 11) is 0. The molecule has 6 nitrogen and oxygen atoms in total. The highest BCUT2D eigenvalue weighted by Gasteiger charge is 2.33. The summed E-state index contributed by atoms with van der Waals surface area (Å²) in [5, 5.41) is 3.71. The Morgan fingerprint density at radius 2 is 2.12 bits per heavy atom. The van der Waals surface area contributed by atoms with Gasteiger partial charge in [0.05, 0.1) is 23.9 Å². The number of amides is 2. The molecular weight excluding hydrogens is 373 g/mol. The maximum atomic E-state index is 12.2. The van der Waals surface area contributed by atoms with Gasteiger partial charge in [0.1, 0.15) is 5.25 Å². The van der Waals surface area contributed by atoms with Crippen molar-refractivity contribution in [2.75, 3.05) is 31.6 Å². The number of hydrogen-bond donors (Lipinski definition) is 1. The lowest BCUT2D eigenvalue weighted by Gasteiger charge is -2.27. The molecule has 0 aliphatic carbocycles. The number of carbonyl (C=O) groups is 2. The predicted octanol–water partition coefficient (Wildman–Crippen LogP) is 2.65. The predicted molar refractivity (Wildman–Crippen MR) is 95.9 cm³/mol. The number of anilines is 1. The second-order valence-corrected chi connectivity index (χ2v) is 7.33. The molecule has 2 heterocycles. The zero-order valence-electron chi connectivity index (χ0n) is 12.6. The molecule has 9 heteroatoms. The van der Waals surface area contributed by atoms with E-state index in [2.05, 4.69) is 10.3 Å². The number of aliphatic imine (C=N–C) groups is 1. The topological polar surface area (TPSA) is 71.0 Å². The molecule has 1 aromatic carbocycles. The third-order valence-corrected chi connectivity index (χ3v) is 5.35. The number of nitrogens with one attached hydrogen (secondary N) is 1. The van der Waals surface area contributed by atoms with Gasteiger partial charge in [-0.05, 0) is 18.2 Å². The lowest BCUT2D eigenvalue weighted by atomic mass is 10.2. The van der Waals surface area contributed by atoms with E-state index < -0.39 is 5.25 Å². The van der Waals surface area contributed by atoms with E-state index >= 15 is 0 Å². The van der Waals surface area contributed by atoms with Crippen molar-refractivity contribution >= 4 is 57.6 Å². The highest BCUT2D eigenvalue weighted by Crippen LogP contribution is 2.29. The molecule has 2 amide bonds. The Morgan fingerprint density at radius 1 is 1.38 bits per heavy atom. The molecule has 0 aromatic heterocycles. The molecule has 2 aliphatic heterocycles. The van der Waals surface area contributed by atoms with Crippen LogP contribution in [-0.4, -0.2) is 53.4 Å². The molecule has 1 atom stereocenters. The van der Waals surface area contributed by atoms with Crippen LogP contribution in [0.15, 0.2) is 23.2 Å². The van der Waals surface area contributed by atoms with Gasteiger partial charge < -0.3 is 15.0 Å². The largest absolute Gasteiger partial charge is 0.378 e. The number of amidine groups is 1.